The fourth-order valence-electron chi connectivity index (χ4n) is 1.23. The Morgan fingerprint density at radius 2 is 2.23 bits per heavy atom. The highest BCUT2D eigenvalue weighted by Gasteiger charge is 1.98. The van der Waals surface area contributed by atoms with E-state index in [1.165, 1.54) is 0 Å². The molecular formula is C10H8N2O. The molecule has 2 aromatic rings. The number of aromatic nitrogens is 1. The van der Waals surface area contributed by atoms with E-state index in [-0.39, 0.29) is 6.61 Å². The standard InChI is InChI=1S/C10H8N2O/c11-5-6-13-10-7-8-3-1-2-4-9(8)12-10/h1-4,7,12H,6H2. The Morgan fingerprint density at radius 3 is 3.00 bits per heavy atom. The van der Waals surface area contributed by atoms with Crippen molar-refractivity contribution in [2.24, 2.45) is 0 Å². The van der Waals surface area contributed by atoms with Crippen LogP contribution >= 0.6 is 0 Å². The summed E-state index contributed by atoms with van der Waals surface area (Å²) in [6, 6.07) is 11.7. The van der Waals surface area contributed by atoms with Crippen molar-refractivity contribution < 1.29 is 4.74 Å². The third-order valence-corrected chi connectivity index (χ3v) is 1.80. The van der Waals surface area contributed by atoms with Gasteiger partial charge in [0.2, 0.25) is 0 Å². The molecule has 0 bridgehead atoms. The molecule has 0 aliphatic carbocycles. The number of nitriles is 1. The lowest BCUT2D eigenvalue weighted by Crippen LogP contribution is -1.92. The van der Waals surface area contributed by atoms with Gasteiger partial charge in [0.15, 0.2) is 12.5 Å². The predicted octanol–water partition coefficient (Wildman–Crippen LogP) is 2.07. The van der Waals surface area contributed by atoms with E-state index in [9.17, 15) is 0 Å². The first kappa shape index (κ1) is 7.69. The lowest BCUT2D eigenvalue weighted by atomic mass is 10.3. The van der Waals surface area contributed by atoms with Gasteiger partial charge in [-0.2, -0.15) is 5.26 Å². The van der Waals surface area contributed by atoms with Gasteiger partial charge in [-0.25, -0.2) is 0 Å². The number of hydrogen-bond acceptors (Lipinski definition) is 2. The first-order chi connectivity index (χ1) is 6.40. The average Bonchev–Trinajstić information content (AvgIpc) is 2.57. The Bertz CT molecular complexity index is 420. The van der Waals surface area contributed by atoms with Crippen LogP contribution in [0.15, 0.2) is 30.3 Å². The smallest absolute Gasteiger partial charge is 0.193 e. The Labute approximate surface area is 75.6 Å². The van der Waals surface area contributed by atoms with Gasteiger partial charge in [0.05, 0.1) is 0 Å². The molecule has 0 radical (unpaired) electrons. The maximum atomic E-state index is 8.31. The molecule has 1 aromatic carbocycles. The summed E-state index contributed by atoms with van der Waals surface area (Å²) >= 11 is 0. The van der Waals surface area contributed by atoms with Gasteiger partial charge >= 0.3 is 0 Å². The molecule has 0 fully saturated rings. The zero-order chi connectivity index (χ0) is 9.10. The van der Waals surface area contributed by atoms with Crippen LogP contribution in [-0.4, -0.2) is 11.6 Å². The SMILES string of the molecule is N#CCOc1cc2ccccc2[nH]1. The number of para-hydroxylation sites is 1. The number of nitrogens with one attached hydrogen (secondary N) is 1. The topological polar surface area (TPSA) is 48.8 Å². The van der Waals surface area contributed by atoms with E-state index in [0.717, 1.165) is 10.9 Å². The van der Waals surface area contributed by atoms with Crippen molar-refractivity contribution in [3.8, 4) is 11.9 Å². The molecule has 0 aliphatic rings. The average molecular weight is 172 g/mol. The van der Waals surface area contributed by atoms with Crippen molar-refractivity contribution in [3.63, 3.8) is 0 Å². The molecule has 0 saturated heterocycles. The lowest BCUT2D eigenvalue weighted by molar-refractivity contribution is 0.356. The molecule has 0 amide bonds. The van der Waals surface area contributed by atoms with E-state index in [1.54, 1.807) is 0 Å². The summed E-state index contributed by atoms with van der Waals surface area (Å²) in [7, 11) is 0. The maximum Gasteiger partial charge on any atom is 0.193 e. The minimum absolute atomic E-state index is 0.0762. The van der Waals surface area contributed by atoms with Crippen LogP contribution in [0.5, 0.6) is 5.88 Å². The number of H-pyrrole nitrogens is 1. The molecule has 13 heavy (non-hydrogen) atoms. The fourth-order valence-corrected chi connectivity index (χ4v) is 1.23. The molecule has 64 valence electrons. The zero-order valence-electron chi connectivity index (χ0n) is 6.95. The van der Waals surface area contributed by atoms with Crippen molar-refractivity contribution in [2.75, 3.05) is 6.61 Å². The first-order valence-electron chi connectivity index (χ1n) is 3.97. The second-order valence-electron chi connectivity index (χ2n) is 2.67. The largest absolute Gasteiger partial charge is 0.464 e. The molecule has 0 aliphatic heterocycles. The number of fused-ring (bicyclic) bond motifs is 1. The van der Waals surface area contributed by atoms with Crippen molar-refractivity contribution in [1.82, 2.24) is 4.98 Å². The normalized spacial score (nSPS) is 9.77. The molecule has 1 heterocycles. The summed E-state index contributed by atoms with van der Waals surface area (Å²) in [5.74, 6) is 0.641. The molecule has 0 unspecified atom stereocenters. The van der Waals surface area contributed by atoms with Crippen LogP contribution in [0.25, 0.3) is 10.9 Å². The van der Waals surface area contributed by atoms with E-state index in [2.05, 4.69) is 4.98 Å². The molecular weight excluding hydrogens is 164 g/mol. The van der Waals surface area contributed by atoms with E-state index in [4.69, 9.17) is 10.00 Å². The number of aromatic amines is 1. The Hall–Kier alpha value is -1.95. The van der Waals surface area contributed by atoms with Gasteiger partial charge < -0.3 is 9.72 Å². The highest BCUT2D eigenvalue weighted by Crippen LogP contribution is 2.19. The Morgan fingerprint density at radius 1 is 1.38 bits per heavy atom. The van der Waals surface area contributed by atoms with Gasteiger partial charge in [-0.1, -0.05) is 18.2 Å². The molecule has 2 rings (SSSR count). The van der Waals surface area contributed by atoms with Gasteiger partial charge in [-0.3, -0.25) is 0 Å². The van der Waals surface area contributed by atoms with E-state index >= 15 is 0 Å². The van der Waals surface area contributed by atoms with E-state index in [1.807, 2.05) is 36.4 Å². The van der Waals surface area contributed by atoms with Crippen LogP contribution < -0.4 is 4.74 Å². The monoisotopic (exact) mass is 172 g/mol. The van der Waals surface area contributed by atoms with Crippen molar-refractivity contribution >= 4 is 10.9 Å². The van der Waals surface area contributed by atoms with Gasteiger partial charge in [-0.05, 0) is 6.07 Å². The summed E-state index contributed by atoms with van der Waals surface area (Å²) in [6.07, 6.45) is 0. The molecule has 0 spiro atoms. The fraction of sp³-hybridized carbons (Fsp3) is 0.100. The summed E-state index contributed by atoms with van der Waals surface area (Å²) in [5.41, 5.74) is 1.02. The Balaban J connectivity index is 2.34. The molecule has 3 heteroatoms. The van der Waals surface area contributed by atoms with Crippen molar-refractivity contribution in [1.29, 1.82) is 5.26 Å². The second kappa shape index (κ2) is 3.20. The highest BCUT2D eigenvalue weighted by atomic mass is 16.5. The molecule has 1 N–H and O–H groups in total. The van der Waals surface area contributed by atoms with Crippen molar-refractivity contribution in [3.05, 3.63) is 30.3 Å². The van der Waals surface area contributed by atoms with Crippen LogP contribution in [0.3, 0.4) is 0 Å². The number of ether oxygens (including phenoxy) is 1. The number of hydrogen-bond donors (Lipinski definition) is 1. The van der Waals surface area contributed by atoms with Gasteiger partial charge in [0, 0.05) is 17.0 Å². The van der Waals surface area contributed by atoms with Gasteiger partial charge in [0.25, 0.3) is 0 Å². The van der Waals surface area contributed by atoms with Crippen LogP contribution in [0.4, 0.5) is 0 Å². The Kier molecular flexibility index (Phi) is 1.89. The summed E-state index contributed by atoms with van der Waals surface area (Å²) < 4.78 is 5.12. The highest BCUT2D eigenvalue weighted by molar-refractivity contribution is 5.81. The maximum absolute atomic E-state index is 8.31. The second-order valence-corrected chi connectivity index (χ2v) is 2.67. The molecule has 1 aromatic heterocycles. The summed E-state index contributed by atoms with van der Waals surface area (Å²) in [6.45, 7) is 0.0762. The summed E-state index contributed by atoms with van der Waals surface area (Å²) in [5, 5.41) is 9.41. The third kappa shape index (κ3) is 1.47. The molecule has 0 atom stereocenters. The van der Waals surface area contributed by atoms with Crippen LogP contribution in [0.1, 0.15) is 0 Å². The van der Waals surface area contributed by atoms with Crippen LogP contribution in [-0.2, 0) is 0 Å². The van der Waals surface area contributed by atoms with E-state index < -0.39 is 0 Å². The minimum Gasteiger partial charge on any atom is -0.464 e. The van der Waals surface area contributed by atoms with Gasteiger partial charge in [0.1, 0.15) is 6.07 Å². The zero-order valence-corrected chi connectivity index (χ0v) is 6.95. The number of rotatable bonds is 2. The minimum atomic E-state index is 0.0762. The summed E-state index contributed by atoms with van der Waals surface area (Å²) in [4.78, 5) is 3.06. The van der Waals surface area contributed by atoms with Crippen molar-refractivity contribution in [2.45, 2.75) is 0 Å². The quantitative estimate of drug-likeness (QED) is 0.753. The molecule has 3 nitrogen and oxygen atoms in total. The molecule has 0 saturated carbocycles. The third-order valence-electron chi connectivity index (χ3n) is 1.80. The number of nitrogens with zero attached hydrogens (tertiary/aromatic N) is 1. The first-order valence-corrected chi connectivity index (χ1v) is 3.97. The van der Waals surface area contributed by atoms with E-state index in [0.29, 0.717) is 5.88 Å². The van der Waals surface area contributed by atoms with Crippen LogP contribution in [0, 0.1) is 11.3 Å². The lowest BCUT2D eigenvalue weighted by Gasteiger charge is -1.93. The van der Waals surface area contributed by atoms with Gasteiger partial charge in [-0.15, -0.1) is 0 Å². The van der Waals surface area contributed by atoms with Crippen LogP contribution in [0.2, 0.25) is 0 Å². The number of benzene rings is 1. The predicted molar refractivity (Wildman–Crippen MR) is 49.4 cm³/mol.